The second-order valence-electron chi connectivity index (χ2n) is 6.34. The van der Waals surface area contributed by atoms with Gasteiger partial charge in [0.15, 0.2) is 6.61 Å². The lowest BCUT2D eigenvalue weighted by atomic mass is 9.98. The van der Waals surface area contributed by atoms with Gasteiger partial charge in [0.1, 0.15) is 17.1 Å². The Bertz CT molecular complexity index is 1060. The fourth-order valence-electron chi connectivity index (χ4n) is 3.08. The fraction of sp³-hybridized carbons (Fsp3) is 0.238. The Morgan fingerprint density at radius 1 is 1.19 bits per heavy atom. The van der Waals surface area contributed by atoms with Crippen LogP contribution < -0.4 is 15.1 Å². The molecular formula is C21H20O6. The zero-order chi connectivity index (χ0) is 19.6. The molecule has 6 heteroatoms. The van der Waals surface area contributed by atoms with Gasteiger partial charge in [0.05, 0.1) is 12.5 Å². The lowest BCUT2D eigenvalue weighted by Gasteiger charge is -2.13. The number of hydrogen-bond acceptors (Lipinski definition) is 5. The first-order valence-electron chi connectivity index (χ1n) is 8.43. The van der Waals surface area contributed by atoms with Crippen molar-refractivity contribution in [1.29, 1.82) is 0 Å². The predicted octanol–water partition coefficient (Wildman–Crippen LogP) is 3.47. The van der Waals surface area contributed by atoms with E-state index in [1.54, 1.807) is 19.2 Å². The van der Waals surface area contributed by atoms with Crippen LogP contribution in [0.5, 0.6) is 11.5 Å². The molecule has 0 atom stereocenters. The lowest BCUT2D eigenvalue weighted by Crippen LogP contribution is -2.13. The molecule has 2 aromatic carbocycles. The molecule has 0 fully saturated rings. The maximum Gasteiger partial charge on any atom is 0.341 e. The highest BCUT2D eigenvalue weighted by atomic mass is 16.5. The van der Waals surface area contributed by atoms with E-state index in [2.05, 4.69) is 0 Å². The summed E-state index contributed by atoms with van der Waals surface area (Å²) < 4.78 is 16.2. The first-order valence-corrected chi connectivity index (χ1v) is 8.43. The third-order valence-electron chi connectivity index (χ3n) is 4.35. The molecule has 3 rings (SSSR count). The van der Waals surface area contributed by atoms with Gasteiger partial charge in [-0.05, 0) is 54.8 Å². The van der Waals surface area contributed by atoms with Gasteiger partial charge in [0, 0.05) is 12.0 Å². The molecule has 1 heterocycles. The zero-order valence-corrected chi connectivity index (χ0v) is 15.4. The summed E-state index contributed by atoms with van der Waals surface area (Å²) in [6.07, 6.45) is 0.369. The van der Waals surface area contributed by atoms with Crippen LogP contribution in [0.15, 0.2) is 45.6 Å². The molecule has 0 saturated heterocycles. The van der Waals surface area contributed by atoms with Crippen LogP contribution in [0, 0.1) is 13.8 Å². The van der Waals surface area contributed by atoms with Gasteiger partial charge in [-0.15, -0.1) is 0 Å². The van der Waals surface area contributed by atoms with E-state index in [-0.39, 0.29) is 0 Å². The maximum atomic E-state index is 12.6. The van der Waals surface area contributed by atoms with Crippen molar-refractivity contribution in [3.8, 4) is 11.5 Å². The second kappa shape index (κ2) is 7.53. The maximum absolute atomic E-state index is 12.6. The quantitative estimate of drug-likeness (QED) is 0.671. The Morgan fingerprint density at radius 2 is 1.96 bits per heavy atom. The van der Waals surface area contributed by atoms with E-state index in [1.165, 1.54) is 0 Å². The predicted molar refractivity (Wildman–Crippen MR) is 101 cm³/mol. The largest absolute Gasteiger partial charge is 0.497 e. The lowest BCUT2D eigenvalue weighted by molar-refractivity contribution is -0.139. The van der Waals surface area contributed by atoms with Crippen molar-refractivity contribution in [3.05, 3.63) is 69.1 Å². The number of carbonyl (C=O) groups is 1. The van der Waals surface area contributed by atoms with E-state index in [1.807, 2.05) is 38.1 Å². The molecule has 0 aliphatic heterocycles. The summed E-state index contributed by atoms with van der Waals surface area (Å²) in [5.41, 5.74) is 2.89. The van der Waals surface area contributed by atoms with Crippen LogP contribution in [0.2, 0.25) is 0 Å². The number of fused-ring (bicyclic) bond motifs is 1. The summed E-state index contributed by atoms with van der Waals surface area (Å²) in [5, 5.41) is 9.53. The summed E-state index contributed by atoms with van der Waals surface area (Å²) in [6, 6.07) is 10.9. The molecule has 0 unspecified atom stereocenters. The van der Waals surface area contributed by atoms with Crippen LogP contribution >= 0.6 is 0 Å². The molecule has 0 bridgehead atoms. The molecule has 1 aromatic heterocycles. The Hall–Kier alpha value is -3.28. The van der Waals surface area contributed by atoms with E-state index in [0.29, 0.717) is 40.0 Å². The summed E-state index contributed by atoms with van der Waals surface area (Å²) in [7, 11) is 1.59. The van der Waals surface area contributed by atoms with Gasteiger partial charge in [0.2, 0.25) is 0 Å². The van der Waals surface area contributed by atoms with E-state index < -0.39 is 18.2 Å². The van der Waals surface area contributed by atoms with Gasteiger partial charge >= 0.3 is 11.6 Å². The number of ether oxygens (including phenoxy) is 2. The molecule has 0 amide bonds. The zero-order valence-electron chi connectivity index (χ0n) is 15.4. The number of carboxylic acids is 1. The topological polar surface area (TPSA) is 86.0 Å². The van der Waals surface area contributed by atoms with Crippen molar-refractivity contribution in [2.24, 2.45) is 0 Å². The van der Waals surface area contributed by atoms with Crippen molar-refractivity contribution in [2.75, 3.05) is 13.7 Å². The van der Waals surface area contributed by atoms with E-state index in [9.17, 15) is 9.59 Å². The summed E-state index contributed by atoms with van der Waals surface area (Å²) in [6.45, 7) is 3.17. The highest BCUT2D eigenvalue weighted by Crippen LogP contribution is 2.32. The number of methoxy groups -OCH3 is 1. The van der Waals surface area contributed by atoms with Crippen LogP contribution in [-0.2, 0) is 11.2 Å². The number of carboxylic acid groups (broad SMARTS) is 1. The van der Waals surface area contributed by atoms with Crippen LogP contribution in [-0.4, -0.2) is 24.8 Å². The highest BCUT2D eigenvalue weighted by molar-refractivity contribution is 5.88. The molecule has 27 heavy (non-hydrogen) atoms. The number of benzene rings is 2. The van der Waals surface area contributed by atoms with Crippen molar-refractivity contribution >= 4 is 16.9 Å². The first kappa shape index (κ1) is 18.5. The van der Waals surface area contributed by atoms with Crippen LogP contribution in [0.3, 0.4) is 0 Å². The van der Waals surface area contributed by atoms with Crippen molar-refractivity contribution in [1.82, 2.24) is 0 Å². The average molecular weight is 368 g/mol. The minimum Gasteiger partial charge on any atom is -0.497 e. The van der Waals surface area contributed by atoms with Crippen molar-refractivity contribution in [2.45, 2.75) is 20.3 Å². The van der Waals surface area contributed by atoms with Gasteiger partial charge in [-0.25, -0.2) is 9.59 Å². The van der Waals surface area contributed by atoms with Gasteiger partial charge < -0.3 is 19.0 Å². The van der Waals surface area contributed by atoms with E-state index in [4.69, 9.17) is 19.0 Å². The molecule has 0 spiro atoms. The van der Waals surface area contributed by atoms with Crippen LogP contribution in [0.1, 0.15) is 22.3 Å². The van der Waals surface area contributed by atoms with Crippen LogP contribution in [0.25, 0.3) is 11.0 Å². The molecule has 140 valence electrons. The number of rotatable bonds is 6. The number of aliphatic carboxylic acids is 1. The number of aryl methyl sites for hydroxylation is 2. The standard InChI is InChI=1S/C21H20O6/c1-12-7-17(26-11-19(22)23)20-13(2)16(21(24)27-18(20)8-12)10-14-5-4-6-15(9-14)25-3/h4-9H,10-11H2,1-3H3,(H,22,23). The van der Waals surface area contributed by atoms with Crippen LogP contribution in [0.4, 0.5) is 0 Å². The molecule has 0 radical (unpaired) electrons. The highest BCUT2D eigenvalue weighted by Gasteiger charge is 2.17. The van der Waals surface area contributed by atoms with Gasteiger partial charge in [0.25, 0.3) is 0 Å². The first-order chi connectivity index (χ1) is 12.9. The van der Waals surface area contributed by atoms with Gasteiger partial charge in [-0.3, -0.25) is 0 Å². The Labute approximate surface area is 156 Å². The molecule has 3 aromatic rings. The second-order valence-corrected chi connectivity index (χ2v) is 6.34. The Morgan fingerprint density at radius 3 is 2.67 bits per heavy atom. The SMILES string of the molecule is COc1cccc(Cc2c(C)c3c(OCC(=O)O)cc(C)cc3oc2=O)c1. The molecule has 0 aliphatic carbocycles. The monoisotopic (exact) mass is 368 g/mol. The molecular weight excluding hydrogens is 348 g/mol. The minimum absolute atomic E-state index is 0.369. The molecule has 6 nitrogen and oxygen atoms in total. The smallest absolute Gasteiger partial charge is 0.341 e. The molecule has 1 N–H and O–H groups in total. The van der Waals surface area contributed by atoms with Gasteiger partial charge in [-0.2, -0.15) is 0 Å². The minimum atomic E-state index is -1.07. The van der Waals surface area contributed by atoms with Crippen molar-refractivity contribution < 1.29 is 23.8 Å². The summed E-state index contributed by atoms with van der Waals surface area (Å²) in [5.74, 6) is 0.0216. The fourth-order valence-corrected chi connectivity index (χ4v) is 3.08. The van der Waals surface area contributed by atoms with Crippen molar-refractivity contribution in [3.63, 3.8) is 0 Å². The third kappa shape index (κ3) is 3.95. The molecule has 0 aliphatic rings. The Balaban J connectivity index is 2.13. The summed E-state index contributed by atoms with van der Waals surface area (Å²) >= 11 is 0. The third-order valence-corrected chi connectivity index (χ3v) is 4.35. The van der Waals surface area contributed by atoms with E-state index >= 15 is 0 Å². The average Bonchev–Trinajstić information content (AvgIpc) is 2.62. The number of hydrogen-bond donors (Lipinski definition) is 1. The van der Waals surface area contributed by atoms with E-state index in [0.717, 1.165) is 11.1 Å². The Kier molecular flexibility index (Phi) is 5.16. The molecule has 0 saturated carbocycles. The normalized spacial score (nSPS) is 10.8. The summed E-state index contributed by atoms with van der Waals surface area (Å²) in [4.78, 5) is 23.5. The van der Waals surface area contributed by atoms with Gasteiger partial charge in [-0.1, -0.05) is 12.1 Å².